The second-order valence-corrected chi connectivity index (χ2v) is 3.88. The van der Waals surface area contributed by atoms with Gasteiger partial charge in [-0.05, 0) is 6.92 Å². The summed E-state index contributed by atoms with van der Waals surface area (Å²) in [4.78, 5) is 8.10. The normalized spacial score (nSPS) is 13.1. The number of halogens is 3. The Bertz CT molecular complexity index is 429. The first-order valence-electron chi connectivity index (χ1n) is 5.99. The molecule has 114 valence electrons. The van der Waals surface area contributed by atoms with Crippen molar-refractivity contribution in [3.63, 3.8) is 0 Å². The van der Waals surface area contributed by atoms with Crippen LogP contribution in [0.2, 0.25) is 0 Å². The van der Waals surface area contributed by atoms with E-state index in [0.717, 1.165) is 0 Å². The van der Waals surface area contributed by atoms with Gasteiger partial charge in [-0.3, -0.25) is 0 Å². The first-order chi connectivity index (χ1) is 9.36. The number of ether oxygens (including phenoxy) is 1. The Balaban J connectivity index is 2.73. The summed E-state index contributed by atoms with van der Waals surface area (Å²) in [6, 6.07) is 1.44. The van der Waals surface area contributed by atoms with Crippen molar-refractivity contribution in [1.29, 1.82) is 0 Å². The summed E-state index contributed by atoms with van der Waals surface area (Å²) >= 11 is 0. The van der Waals surface area contributed by atoms with Crippen LogP contribution in [0, 0.1) is 0 Å². The van der Waals surface area contributed by atoms with Gasteiger partial charge >= 0.3 is 6.18 Å². The van der Waals surface area contributed by atoms with E-state index in [9.17, 15) is 13.2 Å². The van der Waals surface area contributed by atoms with Crippen molar-refractivity contribution in [2.24, 2.45) is 0 Å². The van der Waals surface area contributed by atoms with E-state index in [1.165, 1.54) is 6.07 Å². The molecule has 1 aromatic rings. The molecule has 0 aliphatic heterocycles. The molecule has 1 rings (SSSR count). The molecule has 0 fully saturated rings. The van der Waals surface area contributed by atoms with Gasteiger partial charge in [0.05, 0.1) is 6.54 Å². The number of aliphatic hydroxyl groups excluding tert-OH is 1. The summed E-state index contributed by atoms with van der Waals surface area (Å²) in [5.74, 6) is 0.962. The first kappa shape index (κ1) is 16.4. The molecule has 1 heterocycles. The molecule has 1 unspecified atom stereocenters. The zero-order valence-electron chi connectivity index (χ0n) is 11.2. The maximum atomic E-state index is 12.2. The van der Waals surface area contributed by atoms with Gasteiger partial charge in [0.25, 0.3) is 0 Å². The second-order valence-electron chi connectivity index (χ2n) is 3.88. The van der Waals surface area contributed by atoms with Crippen LogP contribution in [0.25, 0.3) is 0 Å². The summed E-state index contributed by atoms with van der Waals surface area (Å²) in [7, 11) is 1.63. The molecule has 20 heavy (non-hydrogen) atoms. The largest absolute Gasteiger partial charge is 0.416 e. The predicted molar refractivity (Wildman–Crippen MR) is 67.5 cm³/mol. The monoisotopic (exact) mass is 294 g/mol. The summed E-state index contributed by atoms with van der Waals surface area (Å²) < 4.78 is 41.7. The zero-order valence-corrected chi connectivity index (χ0v) is 11.2. The Morgan fingerprint density at radius 1 is 1.35 bits per heavy atom. The molecule has 6 nitrogen and oxygen atoms in total. The van der Waals surface area contributed by atoms with Gasteiger partial charge in [-0.1, -0.05) is 0 Å². The maximum absolute atomic E-state index is 12.2. The predicted octanol–water partition coefficient (Wildman–Crippen LogP) is 1.39. The van der Waals surface area contributed by atoms with Crippen LogP contribution >= 0.6 is 0 Å². The van der Waals surface area contributed by atoms with E-state index in [2.05, 4.69) is 20.6 Å². The van der Waals surface area contributed by atoms with Crippen molar-refractivity contribution in [2.45, 2.75) is 25.8 Å². The van der Waals surface area contributed by atoms with E-state index < -0.39 is 18.8 Å². The minimum Gasteiger partial charge on any atom is -0.382 e. The van der Waals surface area contributed by atoms with E-state index >= 15 is 0 Å². The van der Waals surface area contributed by atoms with Crippen LogP contribution in [0.1, 0.15) is 12.7 Å². The molecule has 1 atom stereocenters. The van der Waals surface area contributed by atoms with Crippen LogP contribution in [-0.4, -0.2) is 47.6 Å². The van der Waals surface area contributed by atoms with Gasteiger partial charge in [0.2, 0.25) is 0 Å². The Morgan fingerprint density at radius 2 is 2.00 bits per heavy atom. The summed E-state index contributed by atoms with van der Waals surface area (Å²) in [6.07, 6.45) is -7.12. The number of aromatic nitrogens is 2. The molecular weight excluding hydrogens is 277 g/mol. The molecule has 0 saturated carbocycles. The fourth-order valence-corrected chi connectivity index (χ4v) is 1.29. The van der Waals surface area contributed by atoms with Crippen molar-refractivity contribution in [3.05, 3.63) is 11.9 Å². The van der Waals surface area contributed by atoms with Crippen molar-refractivity contribution in [1.82, 2.24) is 9.97 Å². The fraction of sp³-hybridized carbons (Fsp3) is 0.636. The van der Waals surface area contributed by atoms with Gasteiger partial charge in [-0.25, -0.2) is 9.97 Å². The summed E-state index contributed by atoms with van der Waals surface area (Å²) in [6.45, 7) is 1.75. The Morgan fingerprint density at radius 3 is 2.55 bits per heavy atom. The summed E-state index contributed by atoms with van der Waals surface area (Å²) in [5, 5.41) is 14.1. The van der Waals surface area contributed by atoms with Gasteiger partial charge in [0, 0.05) is 19.7 Å². The molecule has 0 saturated heterocycles. The minimum absolute atomic E-state index is 0.155. The summed E-state index contributed by atoms with van der Waals surface area (Å²) in [5.41, 5.74) is 0. The lowest BCUT2D eigenvalue weighted by Gasteiger charge is -2.16. The standard InChI is InChI=1S/C11H17F3N4O2/c1-3-20-6-10-17-8(15-2)4-9(18-10)16-5-7(19)11(12,13)14/h4,7,19H,3,5-6H2,1-2H3,(H2,15,16,17,18). The maximum Gasteiger partial charge on any atom is 0.416 e. The minimum atomic E-state index is -4.67. The molecule has 0 aliphatic rings. The van der Waals surface area contributed by atoms with Gasteiger partial charge < -0.3 is 20.5 Å². The average Bonchev–Trinajstić information content (AvgIpc) is 2.41. The van der Waals surface area contributed by atoms with Crippen LogP contribution in [0.15, 0.2) is 6.07 Å². The van der Waals surface area contributed by atoms with E-state index in [4.69, 9.17) is 9.84 Å². The molecule has 0 bridgehead atoms. The Labute approximate surface area is 114 Å². The molecule has 3 N–H and O–H groups in total. The smallest absolute Gasteiger partial charge is 0.382 e. The molecule has 9 heteroatoms. The average molecular weight is 294 g/mol. The number of aliphatic hydroxyl groups is 1. The topological polar surface area (TPSA) is 79.3 Å². The van der Waals surface area contributed by atoms with Crippen molar-refractivity contribution in [3.8, 4) is 0 Å². The number of rotatable bonds is 7. The van der Waals surface area contributed by atoms with Gasteiger partial charge in [0.1, 0.15) is 18.2 Å². The van der Waals surface area contributed by atoms with Gasteiger partial charge in [-0.15, -0.1) is 0 Å². The molecule has 0 spiro atoms. The number of alkyl halides is 3. The lowest BCUT2D eigenvalue weighted by atomic mass is 10.3. The Hall–Kier alpha value is -1.61. The highest BCUT2D eigenvalue weighted by atomic mass is 19.4. The first-order valence-corrected chi connectivity index (χ1v) is 5.99. The van der Waals surface area contributed by atoms with E-state index in [1.54, 1.807) is 14.0 Å². The quantitative estimate of drug-likeness (QED) is 0.705. The van der Waals surface area contributed by atoms with E-state index in [1.807, 2.05) is 0 Å². The third kappa shape index (κ3) is 5.17. The third-order valence-corrected chi connectivity index (χ3v) is 2.32. The zero-order chi connectivity index (χ0) is 15.2. The molecular formula is C11H17F3N4O2. The molecule has 0 aromatic carbocycles. The highest BCUT2D eigenvalue weighted by molar-refractivity contribution is 5.47. The van der Waals surface area contributed by atoms with Crippen molar-refractivity contribution in [2.75, 3.05) is 30.8 Å². The van der Waals surface area contributed by atoms with Gasteiger partial charge in [-0.2, -0.15) is 13.2 Å². The lowest BCUT2D eigenvalue weighted by molar-refractivity contribution is -0.198. The van der Waals surface area contributed by atoms with Crippen LogP contribution in [-0.2, 0) is 11.3 Å². The number of hydrogen-bond acceptors (Lipinski definition) is 6. The highest BCUT2D eigenvalue weighted by Crippen LogP contribution is 2.20. The van der Waals surface area contributed by atoms with E-state index in [-0.39, 0.29) is 12.4 Å². The third-order valence-electron chi connectivity index (χ3n) is 2.32. The van der Waals surface area contributed by atoms with Crippen LogP contribution in [0.5, 0.6) is 0 Å². The second kappa shape index (κ2) is 7.25. The van der Waals surface area contributed by atoms with Crippen LogP contribution < -0.4 is 10.6 Å². The van der Waals surface area contributed by atoms with Crippen molar-refractivity contribution < 1.29 is 23.0 Å². The Kier molecular flexibility index (Phi) is 5.96. The van der Waals surface area contributed by atoms with Crippen LogP contribution in [0.3, 0.4) is 0 Å². The lowest BCUT2D eigenvalue weighted by Crippen LogP contribution is -2.35. The molecule has 0 amide bonds. The molecule has 1 aromatic heterocycles. The fourth-order valence-electron chi connectivity index (χ4n) is 1.29. The number of hydrogen-bond donors (Lipinski definition) is 3. The van der Waals surface area contributed by atoms with E-state index in [0.29, 0.717) is 18.2 Å². The number of nitrogens with zero attached hydrogens (tertiary/aromatic N) is 2. The number of nitrogens with one attached hydrogen (secondary N) is 2. The van der Waals surface area contributed by atoms with Crippen LogP contribution in [0.4, 0.5) is 24.8 Å². The number of anilines is 2. The highest BCUT2D eigenvalue weighted by Gasteiger charge is 2.37. The van der Waals surface area contributed by atoms with Gasteiger partial charge in [0.15, 0.2) is 11.9 Å². The molecule has 0 radical (unpaired) electrons. The SMILES string of the molecule is CCOCc1nc(NC)cc(NCC(O)C(F)(F)F)n1. The molecule has 0 aliphatic carbocycles. The van der Waals surface area contributed by atoms with Crippen molar-refractivity contribution >= 4 is 11.6 Å².